The van der Waals surface area contributed by atoms with Gasteiger partial charge in [0.2, 0.25) is 0 Å². The van der Waals surface area contributed by atoms with E-state index < -0.39 is 0 Å². The number of nitrogens with zero attached hydrogens (tertiary/aromatic N) is 1. The zero-order valence-corrected chi connectivity index (χ0v) is 16.2. The molecule has 1 aliphatic heterocycles. The third-order valence-electron chi connectivity index (χ3n) is 4.37. The topological polar surface area (TPSA) is 64.1 Å². The predicted octanol–water partition coefficient (Wildman–Crippen LogP) is 2.59. The van der Waals surface area contributed by atoms with Crippen molar-refractivity contribution < 1.29 is 18.6 Å². The van der Waals surface area contributed by atoms with Crippen LogP contribution in [-0.4, -0.2) is 59.1 Å². The second-order valence-corrected chi connectivity index (χ2v) is 6.57. The minimum Gasteiger partial charge on any atom is -0.494 e. The smallest absolute Gasteiger partial charge is 0.190 e. The third kappa shape index (κ3) is 9.58. The predicted molar refractivity (Wildman–Crippen MR) is 105 cm³/mol. The molecular weight excluding hydrogens is 349 g/mol. The molecule has 2 rings (SSSR count). The summed E-state index contributed by atoms with van der Waals surface area (Å²) in [6, 6.07) is 6.06. The molecule has 6 nitrogen and oxygen atoms in total. The molecule has 0 amide bonds. The van der Waals surface area contributed by atoms with Gasteiger partial charge in [-0.2, -0.15) is 0 Å². The van der Waals surface area contributed by atoms with Crippen LogP contribution in [0.25, 0.3) is 0 Å². The van der Waals surface area contributed by atoms with E-state index in [-0.39, 0.29) is 5.82 Å². The van der Waals surface area contributed by atoms with Crippen molar-refractivity contribution in [2.45, 2.75) is 25.7 Å². The van der Waals surface area contributed by atoms with Crippen molar-refractivity contribution >= 4 is 5.96 Å². The van der Waals surface area contributed by atoms with Crippen molar-refractivity contribution in [1.82, 2.24) is 10.6 Å². The van der Waals surface area contributed by atoms with Crippen LogP contribution < -0.4 is 15.4 Å². The Kier molecular flexibility index (Phi) is 10.6. The Bertz CT molecular complexity index is 534. The van der Waals surface area contributed by atoms with E-state index in [2.05, 4.69) is 15.6 Å². The van der Waals surface area contributed by atoms with Gasteiger partial charge in [-0.15, -0.1) is 0 Å². The Morgan fingerprint density at radius 3 is 2.44 bits per heavy atom. The molecule has 1 saturated heterocycles. The van der Waals surface area contributed by atoms with E-state index in [1.165, 1.54) is 12.1 Å². The minimum absolute atomic E-state index is 0.257. The van der Waals surface area contributed by atoms with Crippen LogP contribution in [0.15, 0.2) is 29.3 Å². The molecule has 0 aliphatic carbocycles. The van der Waals surface area contributed by atoms with Crippen LogP contribution in [0.4, 0.5) is 4.39 Å². The molecule has 1 heterocycles. The van der Waals surface area contributed by atoms with Gasteiger partial charge in [-0.25, -0.2) is 4.39 Å². The molecule has 0 atom stereocenters. The zero-order valence-electron chi connectivity index (χ0n) is 16.2. The van der Waals surface area contributed by atoms with Gasteiger partial charge in [0.25, 0.3) is 0 Å². The number of aliphatic imine (C=N–C) groups is 1. The Morgan fingerprint density at radius 1 is 1.11 bits per heavy atom. The lowest BCUT2D eigenvalue weighted by atomic mass is 10.0. The fraction of sp³-hybridized carbons (Fsp3) is 0.650. The summed E-state index contributed by atoms with van der Waals surface area (Å²) >= 11 is 0. The number of halogens is 1. The van der Waals surface area contributed by atoms with E-state index >= 15 is 0 Å². The van der Waals surface area contributed by atoms with Crippen LogP contribution >= 0.6 is 0 Å². The summed E-state index contributed by atoms with van der Waals surface area (Å²) in [6.45, 7) is 5.46. The summed E-state index contributed by atoms with van der Waals surface area (Å²) in [6.07, 6.45) is 3.99. The average molecular weight is 381 g/mol. The lowest BCUT2D eigenvalue weighted by molar-refractivity contribution is 0.0203. The van der Waals surface area contributed by atoms with Crippen molar-refractivity contribution in [1.29, 1.82) is 0 Å². The Balaban J connectivity index is 1.43. The minimum atomic E-state index is -0.257. The van der Waals surface area contributed by atoms with E-state index in [4.69, 9.17) is 14.2 Å². The second-order valence-electron chi connectivity index (χ2n) is 6.57. The van der Waals surface area contributed by atoms with Gasteiger partial charge in [-0.05, 0) is 55.9 Å². The van der Waals surface area contributed by atoms with Crippen LogP contribution in [0, 0.1) is 11.7 Å². The molecule has 0 spiro atoms. The van der Waals surface area contributed by atoms with E-state index in [9.17, 15) is 4.39 Å². The van der Waals surface area contributed by atoms with Crippen molar-refractivity contribution in [3.8, 4) is 5.75 Å². The Hall–Kier alpha value is -1.86. The molecule has 0 bridgehead atoms. The Morgan fingerprint density at radius 2 is 1.78 bits per heavy atom. The number of rotatable bonds is 11. The summed E-state index contributed by atoms with van der Waals surface area (Å²) in [4.78, 5) is 4.20. The van der Waals surface area contributed by atoms with Crippen molar-refractivity contribution in [3.05, 3.63) is 30.1 Å². The second kappa shape index (κ2) is 13.3. The normalized spacial score (nSPS) is 15.6. The highest BCUT2D eigenvalue weighted by Gasteiger charge is 2.13. The fourth-order valence-electron chi connectivity index (χ4n) is 2.76. The summed E-state index contributed by atoms with van der Waals surface area (Å²) in [5, 5.41) is 6.53. The zero-order chi connectivity index (χ0) is 19.2. The molecular formula is C20H32FN3O3. The van der Waals surface area contributed by atoms with Gasteiger partial charge in [0.05, 0.1) is 6.61 Å². The lowest BCUT2D eigenvalue weighted by Crippen LogP contribution is -2.38. The molecule has 1 aromatic rings. The monoisotopic (exact) mass is 381 g/mol. The summed E-state index contributed by atoms with van der Waals surface area (Å²) < 4.78 is 29.5. The average Bonchev–Trinajstić information content (AvgIpc) is 2.71. The maximum atomic E-state index is 12.8. The molecule has 152 valence electrons. The van der Waals surface area contributed by atoms with E-state index in [0.717, 1.165) is 71.2 Å². The van der Waals surface area contributed by atoms with E-state index in [1.54, 1.807) is 19.2 Å². The summed E-state index contributed by atoms with van der Waals surface area (Å²) in [5.74, 6) is 1.85. The molecule has 0 saturated carbocycles. The molecule has 1 aromatic carbocycles. The highest BCUT2D eigenvalue weighted by molar-refractivity contribution is 5.79. The summed E-state index contributed by atoms with van der Waals surface area (Å²) in [7, 11) is 1.76. The molecule has 27 heavy (non-hydrogen) atoms. The van der Waals surface area contributed by atoms with Crippen LogP contribution in [-0.2, 0) is 9.47 Å². The Labute approximate surface area is 161 Å². The van der Waals surface area contributed by atoms with Gasteiger partial charge in [-0.3, -0.25) is 4.99 Å². The first-order valence-electron chi connectivity index (χ1n) is 9.76. The molecule has 7 heteroatoms. The van der Waals surface area contributed by atoms with Crippen LogP contribution in [0.2, 0.25) is 0 Å². The molecule has 2 N–H and O–H groups in total. The molecule has 0 unspecified atom stereocenters. The SMILES string of the molecule is CN=C(NCCCOCC1CCOCC1)NCCCOc1ccc(F)cc1. The maximum absolute atomic E-state index is 12.8. The maximum Gasteiger partial charge on any atom is 0.190 e. The number of benzene rings is 1. The first-order valence-corrected chi connectivity index (χ1v) is 9.76. The third-order valence-corrected chi connectivity index (χ3v) is 4.37. The molecule has 1 fully saturated rings. The quantitative estimate of drug-likeness (QED) is 0.350. The van der Waals surface area contributed by atoms with Gasteiger partial charge in [0, 0.05) is 46.6 Å². The van der Waals surface area contributed by atoms with E-state index in [1.807, 2.05) is 0 Å². The van der Waals surface area contributed by atoms with E-state index in [0.29, 0.717) is 18.3 Å². The highest BCUT2D eigenvalue weighted by Crippen LogP contribution is 2.14. The standard InChI is InChI=1S/C20H32FN3O3/c1-22-20(23-10-2-12-26-16-17-8-14-25-15-9-17)24-11-3-13-27-19-6-4-18(21)5-7-19/h4-7,17H,2-3,8-16H2,1H3,(H2,22,23,24). The van der Waals surface area contributed by atoms with Gasteiger partial charge in [0.1, 0.15) is 11.6 Å². The van der Waals surface area contributed by atoms with Crippen LogP contribution in [0.5, 0.6) is 5.75 Å². The van der Waals surface area contributed by atoms with Crippen molar-refractivity contribution in [3.63, 3.8) is 0 Å². The number of hydrogen-bond donors (Lipinski definition) is 2. The van der Waals surface area contributed by atoms with Gasteiger partial charge in [-0.1, -0.05) is 0 Å². The molecule has 1 aliphatic rings. The number of guanidine groups is 1. The molecule has 0 radical (unpaired) electrons. The van der Waals surface area contributed by atoms with Gasteiger partial charge in [0.15, 0.2) is 5.96 Å². The molecule has 0 aromatic heterocycles. The first kappa shape index (κ1) is 21.4. The van der Waals surface area contributed by atoms with Gasteiger partial charge < -0.3 is 24.8 Å². The number of hydrogen-bond acceptors (Lipinski definition) is 4. The van der Waals surface area contributed by atoms with Crippen molar-refractivity contribution in [2.24, 2.45) is 10.9 Å². The van der Waals surface area contributed by atoms with Crippen LogP contribution in [0.3, 0.4) is 0 Å². The van der Waals surface area contributed by atoms with Crippen molar-refractivity contribution in [2.75, 3.05) is 53.2 Å². The first-order chi connectivity index (χ1) is 13.3. The lowest BCUT2D eigenvalue weighted by Gasteiger charge is -2.21. The van der Waals surface area contributed by atoms with Crippen LogP contribution in [0.1, 0.15) is 25.7 Å². The van der Waals surface area contributed by atoms with Gasteiger partial charge >= 0.3 is 0 Å². The summed E-state index contributed by atoms with van der Waals surface area (Å²) in [5.41, 5.74) is 0. The fourth-order valence-corrected chi connectivity index (χ4v) is 2.76. The number of ether oxygens (including phenoxy) is 3. The largest absolute Gasteiger partial charge is 0.494 e. The number of nitrogens with one attached hydrogen (secondary N) is 2. The highest BCUT2D eigenvalue weighted by atomic mass is 19.1.